The fourth-order valence-electron chi connectivity index (χ4n) is 2.59. The van der Waals surface area contributed by atoms with Crippen molar-refractivity contribution in [1.29, 1.82) is 0 Å². The van der Waals surface area contributed by atoms with Crippen LogP contribution in [0.2, 0.25) is 5.02 Å². The lowest BCUT2D eigenvalue weighted by atomic mass is 9.82. The van der Waals surface area contributed by atoms with E-state index < -0.39 is 0 Å². The topological polar surface area (TPSA) is 12.0 Å². The highest BCUT2D eigenvalue weighted by Crippen LogP contribution is 2.43. The second kappa shape index (κ2) is 2.49. The molecule has 1 aliphatic heterocycles. The smallest absolute Gasteiger partial charge is 0.0452 e. The van der Waals surface area contributed by atoms with Crippen LogP contribution >= 0.6 is 11.6 Å². The summed E-state index contributed by atoms with van der Waals surface area (Å²) in [4.78, 5) is 0. The summed E-state index contributed by atoms with van der Waals surface area (Å²) in [6.45, 7) is 1.17. The first-order valence-electron chi connectivity index (χ1n) is 4.84. The Morgan fingerprint density at radius 2 is 2.15 bits per heavy atom. The van der Waals surface area contributed by atoms with E-state index in [1.54, 1.807) is 0 Å². The summed E-state index contributed by atoms with van der Waals surface area (Å²) in [5.41, 5.74) is 3.27. The normalized spacial score (nSPS) is 30.2. The molecule has 3 rings (SSSR count). The summed E-state index contributed by atoms with van der Waals surface area (Å²) in [6, 6.07) is 6.32. The average molecular weight is 194 g/mol. The first-order valence-corrected chi connectivity index (χ1v) is 5.22. The van der Waals surface area contributed by atoms with Crippen molar-refractivity contribution in [3.63, 3.8) is 0 Å². The van der Waals surface area contributed by atoms with E-state index in [1.165, 1.54) is 36.9 Å². The van der Waals surface area contributed by atoms with E-state index in [2.05, 4.69) is 17.4 Å². The quantitative estimate of drug-likeness (QED) is 0.668. The van der Waals surface area contributed by atoms with Gasteiger partial charge in [-0.3, -0.25) is 0 Å². The van der Waals surface area contributed by atoms with Crippen molar-refractivity contribution in [2.24, 2.45) is 0 Å². The maximum Gasteiger partial charge on any atom is 0.0452 e. The predicted octanol–water partition coefficient (Wildman–Crippen LogP) is 2.47. The number of rotatable bonds is 0. The first-order chi connectivity index (χ1) is 6.30. The second-order valence-corrected chi connectivity index (χ2v) is 4.50. The highest BCUT2D eigenvalue weighted by molar-refractivity contribution is 6.30. The third kappa shape index (κ3) is 0.976. The summed E-state index contributed by atoms with van der Waals surface area (Å²) in [7, 11) is 0. The average Bonchev–Trinajstić information content (AvgIpc) is 2.41. The van der Waals surface area contributed by atoms with Gasteiger partial charge < -0.3 is 5.32 Å². The number of hydrogen-bond donors (Lipinski definition) is 1. The summed E-state index contributed by atoms with van der Waals surface area (Å²) in [6.07, 6.45) is 3.73. The monoisotopic (exact) mass is 193 g/mol. The van der Waals surface area contributed by atoms with Crippen LogP contribution in [0.1, 0.15) is 24.0 Å². The zero-order chi connectivity index (χ0) is 8.89. The van der Waals surface area contributed by atoms with Gasteiger partial charge >= 0.3 is 0 Å². The van der Waals surface area contributed by atoms with Crippen molar-refractivity contribution in [2.75, 3.05) is 6.54 Å². The SMILES string of the molecule is Clc1ccc2c(c1)CC[C@@]21CCN1. The molecule has 1 nitrogen and oxygen atoms in total. The fourth-order valence-corrected chi connectivity index (χ4v) is 2.78. The lowest BCUT2D eigenvalue weighted by molar-refractivity contribution is 0.210. The third-order valence-corrected chi connectivity index (χ3v) is 3.65. The molecule has 1 heterocycles. The van der Waals surface area contributed by atoms with Crippen LogP contribution in [0, 0.1) is 0 Å². The van der Waals surface area contributed by atoms with Crippen molar-refractivity contribution in [1.82, 2.24) is 5.32 Å². The Bertz CT molecular complexity index is 355. The van der Waals surface area contributed by atoms with Gasteiger partial charge in [-0.15, -0.1) is 0 Å². The van der Waals surface area contributed by atoms with Crippen LogP contribution in [0.25, 0.3) is 0 Å². The molecule has 2 aliphatic rings. The number of hydrogen-bond acceptors (Lipinski definition) is 1. The molecule has 2 heteroatoms. The number of aryl methyl sites for hydroxylation is 1. The number of nitrogens with one attached hydrogen (secondary N) is 1. The molecular formula is C11H12ClN. The molecule has 0 unspecified atom stereocenters. The molecule has 0 amide bonds. The van der Waals surface area contributed by atoms with E-state index in [4.69, 9.17) is 11.6 Å². The molecule has 68 valence electrons. The summed E-state index contributed by atoms with van der Waals surface area (Å²) < 4.78 is 0. The van der Waals surface area contributed by atoms with Crippen LogP contribution in [0.5, 0.6) is 0 Å². The van der Waals surface area contributed by atoms with E-state index in [-0.39, 0.29) is 0 Å². The van der Waals surface area contributed by atoms with Gasteiger partial charge in [0.1, 0.15) is 0 Å². The lowest BCUT2D eigenvalue weighted by Gasteiger charge is -2.41. The molecule has 1 atom stereocenters. The molecule has 1 fully saturated rings. The van der Waals surface area contributed by atoms with Gasteiger partial charge in [-0.2, -0.15) is 0 Å². The van der Waals surface area contributed by atoms with Gasteiger partial charge in [0.25, 0.3) is 0 Å². The summed E-state index contributed by atoms with van der Waals surface area (Å²) in [5, 5.41) is 4.42. The van der Waals surface area contributed by atoms with Crippen LogP contribution in [0.3, 0.4) is 0 Å². The zero-order valence-electron chi connectivity index (χ0n) is 7.44. The Kier molecular flexibility index (Phi) is 1.50. The van der Waals surface area contributed by atoms with Crippen molar-refractivity contribution in [3.05, 3.63) is 34.3 Å². The highest BCUT2D eigenvalue weighted by atomic mass is 35.5. The minimum atomic E-state index is 0.333. The number of benzene rings is 1. The van der Waals surface area contributed by atoms with E-state index in [0.717, 1.165) is 5.02 Å². The van der Waals surface area contributed by atoms with Crippen LogP contribution in [0.15, 0.2) is 18.2 Å². The Hall–Kier alpha value is -0.530. The van der Waals surface area contributed by atoms with Gasteiger partial charge in [0.15, 0.2) is 0 Å². The maximum atomic E-state index is 5.96. The minimum Gasteiger partial charge on any atom is -0.307 e. The van der Waals surface area contributed by atoms with Crippen LogP contribution in [-0.4, -0.2) is 6.54 Å². The summed E-state index contributed by atoms with van der Waals surface area (Å²) in [5.74, 6) is 0. The molecule has 0 aromatic heterocycles. The largest absolute Gasteiger partial charge is 0.307 e. The fraction of sp³-hybridized carbons (Fsp3) is 0.455. The lowest BCUT2D eigenvalue weighted by Crippen LogP contribution is -2.52. The highest BCUT2D eigenvalue weighted by Gasteiger charge is 2.42. The molecule has 1 saturated heterocycles. The molecule has 0 bridgehead atoms. The molecule has 1 aromatic carbocycles. The van der Waals surface area contributed by atoms with E-state index in [0.29, 0.717) is 5.54 Å². The zero-order valence-corrected chi connectivity index (χ0v) is 8.19. The molecule has 1 spiro atoms. The molecular weight excluding hydrogens is 182 g/mol. The second-order valence-electron chi connectivity index (χ2n) is 4.06. The van der Waals surface area contributed by atoms with Crippen molar-refractivity contribution in [3.8, 4) is 0 Å². The van der Waals surface area contributed by atoms with Gasteiger partial charge in [0.05, 0.1) is 0 Å². The Labute approximate surface area is 83.1 Å². The van der Waals surface area contributed by atoms with Crippen molar-refractivity contribution < 1.29 is 0 Å². The molecule has 1 aliphatic carbocycles. The van der Waals surface area contributed by atoms with Gasteiger partial charge in [-0.05, 0) is 49.1 Å². The number of fused-ring (bicyclic) bond motifs is 2. The predicted molar refractivity (Wildman–Crippen MR) is 54.1 cm³/mol. The molecule has 1 N–H and O–H groups in total. The standard InChI is InChI=1S/C11H12ClN/c12-9-1-2-10-8(7-9)3-4-11(10)5-6-13-11/h1-2,7,13H,3-6H2/t11-/m1/s1. The van der Waals surface area contributed by atoms with Crippen LogP contribution < -0.4 is 5.32 Å². The van der Waals surface area contributed by atoms with Crippen LogP contribution in [-0.2, 0) is 12.0 Å². The Morgan fingerprint density at radius 1 is 1.31 bits per heavy atom. The summed E-state index contributed by atoms with van der Waals surface area (Å²) >= 11 is 5.96. The van der Waals surface area contributed by atoms with Gasteiger partial charge in [0.2, 0.25) is 0 Å². The Balaban J connectivity index is 2.11. The molecule has 0 radical (unpaired) electrons. The third-order valence-electron chi connectivity index (χ3n) is 3.42. The van der Waals surface area contributed by atoms with Gasteiger partial charge in [-0.25, -0.2) is 0 Å². The molecule has 13 heavy (non-hydrogen) atoms. The number of halogens is 1. The van der Waals surface area contributed by atoms with Crippen molar-refractivity contribution in [2.45, 2.75) is 24.8 Å². The molecule has 0 saturated carbocycles. The van der Waals surface area contributed by atoms with E-state index in [1.807, 2.05) is 6.07 Å². The Morgan fingerprint density at radius 3 is 2.85 bits per heavy atom. The van der Waals surface area contributed by atoms with E-state index >= 15 is 0 Å². The first kappa shape index (κ1) is 7.84. The maximum absolute atomic E-state index is 5.96. The van der Waals surface area contributed by atoms with Gasteiger partial charge in [0, 0.05) is 10.6 Å². The molecule has 1 aromatic rings. The minimum absolute atomic E-state index is 0.333. The van der Waals surface area contributed by atoms with E-state index in [9.17, 15) is 0 Å². The van der Waals surface area contributed by atoms with Crippen molar-refractivity contribution >= 4 is 11.6 Å². The van der Waals surface area contributed by atoms with Gasteiger partial charge in [-0.1, -0.05) is 17.7 Å². The van der Waals surface area contributed by atoms with Crippen LogP contribution in [0.4, 0.5) is 0 Å².